The van der Waals surface area contributed by atoms with Gasteiger partial charge in [-0.1, -0.05) is 41.8 Å². The number of nitrogens with one attached hydrogen (secondary N) is 1. The van der Waals surface area contributed by atoms with Crippen LogP contribution in [0.25, 0.3) is 11.1 Å². The molecule has 5 nitrogen and oxygen atoms in total. The van der Waals surface area contributed by atoms with Gasteiger partial charge in [0.2, 0.25) is 5.91 Å². The van der Waals surface area contributed by atoms with Crippen LogP contribution in [0, 0.1) is 13.8 Å². The van der Waals surface area contributed by atoms with Gasteiger partial charge in [-0.2, -0.15) is 0 Å². The molecule has 0 saturated carbocycles. The van der Waals surface area contributed by atoms with Crippen LogP contribution in [0.3, 0.4) is 0 Å². The third-order valence-electron chi connectivity index (χ3n) is 5.00. The minimum Gasteiger partial charge on any atom is -0.334 e. The summed E-state index contributed by atoms with van der Waals surface area (Å²) in [6, 6.07) is 12.6. The van der Waals surface area contributed by atoms with Gasteiger partial charge in [0, 0.05) is 25.1 Å². The molecule has 0 fully saturated rings. The van der Waals surface area contributed by atoms with Crippen molar-refractivity contribution in [3.05, 3.63) is 58.7 Å². The lowest BCUT2D eigenvalue weighted by molar-refractivity contribution is -0.129. The number of hydrogen-bond donors (Lipinski definition) is 2. The number of benzene rings is 2. The van der Waals surface area contributed by atoms with Gasteiger partial charge >= 0.3 is 0 Å². The molecule has 5 heteroatoms. The molecule has 2 aromatic rings. The van der Waals surface area contributed by atoms with Crippen molar-refractivity contribution in [1.82, 2.24) is 10.4 Å². The second-order valence-electron chi connectivity index (χ2n) is 7.32. The molecule has 0 saturated heterocycles. The van der Waals surface area contributed by atoms with E-state index in [4.69, 9.17) is 5.21 Å². The van der Waals surface area contributed by atoms with E-state index in [1.807, 2.05) is 17.0 Å². The quantitative estimate of drug-likeness (QED) is 0.442. The van der Waals surface area contributed by atoms with Crippen LogP contribution < -0.4 is 5.48 Å². The van der Waals surface area contributed by atoms with E-state index in [2.05, 4.69) is 38.1 Å². The van der Waals surface area contributed by atoms with Crippen molar-refractivity contribution in [2.45, 2.75) is 46.1 Å². The van der Waals surface area contributed by atoms with Crippen molar-refractivity contribution in [3.8, 4) is 11.1 Å². The van der Waals surface area contributed by atoms with Crippen molar-refractivity contribution in [2.75, 3.05) is 6.54 Å². The average molecular weight is 366 g/mol. The summed E-state index contributed by atoms with van der Waals surface area (Å²) < 4.78 is 0. The predicted molar refractivity (Wildman–Crippen MR) is 104 cm³/mol. The molecule has 2 N–H and O–H groups in total. The Morgan fingerprint density at radius 3 is 2.48 bits per heavy atom. The summed E-state index contributed by atoms with van der Waals surface area (Å²) >= 11 is 0. The van der Waals surface area contributed by atoms with E-state index < -0.39 is 0 Å². The second-order valence-corrected chi connectivity index (χ2v) is 7.32. The first kappa shape index (κ1) is 19.1. The molecule has 0 atom stereocenters. The number of amides is 2. The summed E-state index contributed by atoms with van der Waals surface area (Å²) in [5.74, 6) is -0.274. The average Bonchev–Trinajstić information content (AvgIpc) is 2.95. The number of nitrogens with zero attached hydrogens (tertiary/aromatic N) is 1. The van der Waals surface area contributed by atoms with Crippen molar-refractivity contribution < 1.29 is 14.8 Å². The summed E-state index contributed by atoms with van der Waals surface area (Å²) in [6.07, 6.45) is 2.71. The highest BCUT2D eigenvalue weighted by atomic mass is 16.5. The molecule has 0 spiro atoms. The summed E-state index contributed by atoms with van der Waals surface area (Å²) in [7, 11) is 0. The zero-order valence-corrected chi connectivity index (χ0v) is 15.9. The normalized spacial score (nSPS) is 13.0. The molecule has 0 radical (unpaired) electrons. The molecule has 2 aromatic carbocycles. The Bertz CT molecular complexity index is 840. The molecule has 0 bridgehead atoms. The van der Waals surface area contributed by atoms with Crippen LogP contribution in [-0.4, -0.2) is 28.5 Å². The Balaban J connectivity index is 1.62. The molecule has 1 aliphatic heterocycles. The molecular weight excluding hydrogens is 340 g/mol. The smallest absolute Gasteiger partial charge is 0.254 e. The molecule has 0 aliphatic carbocycles. The van der Waals surface area contributed by atoms with E-state index in [1.165, 1.54) is 16.7 Å². The third kappa shape index (κ3) is 4.55. The molecule has 0 aromatic heterocycles. The van der Waals surface area contributed by atoms with E-state index in [9.17, 15) is 9.59 Å². The van der Waals surface area contributed by atoms with Crippen LogP contribution in [0.5, 0.6) is 0 Å². The van der Waals surface area contributed by atoms with E-state index in [0.29, 0.717) is 25.9 Å². The molecular formula is C22H26N2O3. The van der Waals surface area contributed by atoms with Gasteiger partial charge in [-0.15, -0.1) is 0 Å². The second kappa shape index (κ2) is 8.35. The topological polar surface area (TPSA) is 69.6 Å². The van der Waals surface area contributed by atoms with Gasteiger partial charge in [-0.3, -0.25) is 14.8 Å². The van der Waals surface area contributed by atoms with Crippen molar-refractivity contribution in [2.24, 2.45) is 0 Å². The summed E-state index contributed by atoms with van der Waals surface area (Å²) in [5, 5.41) is 8.48. The van der Waals surface area contributed by atoms with Gasteiger partial charge in [0.05, 0.1) is 0 Å². The Morgan fingerprint density at radius 1 is 1.04 bits per heavy atom. The minimum atomic E-state index is -0.362. The highest BCUT2D eigenvalue weighted by Crippen LogP contribution is 2.29. The number of hydroxylamine groups is 1. The summed E-state index contributed by atoms with van der Waals surface area (Å²) in [6.45, 7) is 5.52. The number of rotatable bonds is 7. The van der Waals surface area contributed by atoms with Gasteiger partial charge in [-0.05, 0) is 55.5 Å². The minimum absolute atomic E-state index is 0.0880. The van der Waals surface area contributed by atoms with E-state index in [1.54, 1.807) is 5.48 Å². The van der Waals surface area contributed by atoms with E-state index in [-0.39, 0.29) is 11.8 Å². The van der Waals surface area contributed by atoms with Crippen LogP contribution in [0.4, 0.5) is 0 Å². The zero-order valence-electron chi connectivity index (χ0n) is 15.9. The Kier molecular flexibility index (Phi) is 5.91. The fourth-order valence-electron chi connectivity index (χ4n) is 3.70. The fourth-order valence-corrected chi connectivity index (χ4v) is 3.70. The lowest BCUT2D eigenvalue weighted by Gasteiger charge is -2.15. The van der Waals surface area contributed by atoms with Crippen molar-refractivity contribution in [3.63, 3.8) is 0 Å². The largest absolute Gasteiger partial charge is 0.334 e. The number of carbonyl (C=O) groups excluding carboxylic acids is 2. The monoisotopic (exact) mass is 366 g/mol. The lowest BCUT2D eigenvalue weighted by atomic mass is 9.97. The Morgan fingerprint density at radius 2 is 1.78 bits per heavy atom. The van der Waals surface area contributed by atoms with E-state index >= 15 is 0 Å². The predicted octanol–water partition coefficient (Wildman–Crippen LogP) is 3.99. The number of hydrogen-bond acceptors (Lipinski definition) is 3. The maximum Gasteiger partial charge on any atom is 0.254 e. The number of fused-ring (bicyclic) bond motifs is 1. The highest BCUT2D eigenvalue weighted by molar-refractivity contribution is 5.99. The molecule has 0 unspecified atom stereocenters. The number of aryl methyl sites for hydroxylation is 2. The first-order valence-electron chi connectivity index (χ1n) is 9.42. The van der Waals surface area contributed by atoms with Crippen molar-refractivity contribution in [1.29, 1.82) is 0 Å². The molecule has 1 aliphatic rings. The SMILES string of the molecule is Cc1cc(C)cc(-c2ccc3c(c2)CN(CCCCCC(=O)NO)C3=O)c1. The number of unbranched alkanes of at least 4 members (excludes halogenated alkanes) is 2. The molecule has 27 heavy (non-hydrogen) atoms. The van der Waals surface area contributed by atoms with Crippen molar-refractivity contribution >= 4 is 11.8 Å². The first-order chi connectivity index (χ1) is 13.0. The maximum absolute atomic E-state index is 12.6. The Hall–Kier alpha value is -2.66. The Labute approximate surface area is 160 Å². The van der Waals surface area contributed by atoms with Crippen LogP contribution in [0.1, 0.15) is 52.7 Å². The van der Waals surface area contributed by atoms with Gasteiger partial charge in [0.15, 0.2) is 0 Å². The maximum atomic E-state index is 12.6. The van der Waals surface area contributed by atoms with Gasteiger partial charge in [-0.25, -0.2) is 5.48 Å². The zero-order chi connectivity index (χ0) is 19.4. The van der Waals surface area contributed by atoms with Crippen LogP contribution >= 0.6 is 0 Å². The number of carbonyl (C=O) groups is 2. The standard InChI is InChI=1S/C22H26N2O3/c1-15-10-16(2)12-18(11-15)17-7-8-20-19(13-17)14-24(22(20)26)9-5-3-4-6-21(25)23-27/h7-8,10-13,27H,3-6,9,14H2,1-2H3,(H,23,25). The highest BCUT2D eigenvalue weighted by Gasteiger charge is 2.27. The van der Waals surface area contributed by atoms with E-state index in [0.717, 1.165) is 29.5 Å². The molecule has 142 valence electrons. The first-order valence-corrected chi connectivity index (χ1v) is 9.42. The summed E-state index contributed by atoms with van der Waals surface area (Å²) in [5.41, 5.74) is 8.31. The fraction of sp³-hybridized carbons (Fsp3) is 0.364. The molecule has 2 amide bonds. The lowest BCUT2D eigenvalue weighted by Crippen LogP contribution is -2.25. The summed E-state index contributed by atoms with van der Waals surface area (Å²) in [4.78, 5) is 25.5. The van der Waals surface area contributed by atoms with Gasteiger partial charge < -0.3 is 4.90 Å². The van der Waals surface area contributed by atoms with Crippen LogP contribution in [0.15, 0.2) is 36.4 Å². The van der Waals surface area contributed by atoms with Gasteiger partial charge in [0.25, 0.3) is 5.91 Å². The van der Waals surface area contributed by atoms with Crippen LogP contribution in [-0.2, 0) is 11.3 Å². The van der Waals surface area contributed by atoms with Gasteiger partial charge in [0.1, 0.15) is 0 Å². The third-order valence-corrected chi connectivity index (χ3v) is 5.00. The molecule has 3 rings (SSSR count). The van der Waals surface area contributed by atoms with Crippen LogP contribution in [0.2, 0.25) is 0 Å². The molecule has 1 heterocycles.